The molecule has 218 valence electrons. The molecule has 4 rings (SSSR count). The zero-order valence-electron chi connectivity index (χ0n) is 24.6. The number of amides is 3. The highest BCUT2D eigenvalue weighted by Crippen LogP contribution is 2.64. The highest BCUT2D eigenvalue weighted by Gasteiger charge is 2.79. The predicted octanol–water partition coefficient (Wildman–Crippen LogP) is 3.80. The fraction of sp³-hybridized carbons (Fsp3) is 0.594. The number of fused-ring (bicyclic) bond motifs is 1. The molecule has 0 aliphatic carbocycles. The van der Waals surface area contributed by atoms with Crippen LogP contribution in [-0.4, -0.2) is 81.7 Å². The Morgan fingerprint density at radius 1 is 1.10 bits per heavy atom. The van der Waals surface area contributed by atoms with Crippen LogP contribution in [0.15, 0.2) is 55.6 Å². The van der Waals surface area contributed by atoms with Crippen LogP contribution in [0.2, 0.25) is 0 Å². The number of carbonyl (C=O) groups excluding carboxylic acids is 3. The minimum absolute atomic E-state index is 0.136. The lowest BCUT2D eigenvalue weighted by atomic mass is 9.66. The molecule has 6 atom stereocenters. The SMILES string of the molecule is C=CCN(C(=O)[C@@H]1[C@H]2C(=O)N([C@@H](CO)CC(C)C)C(C(=O)N(CC=C)C(C)C)C23CC[C@@]1(C)O3)c1ccccc1. The fourth-order valence-corrected chi connectivity index (χ4v) is 7.31. The highest BCUT2D eigenvalue weighted by atomic mass is 16.5. The van der Waals surface area contributed by atoms with Crippen molar-refractivity contribution >= 4 is 23.4 Å². The molecule has 2 bridgehead atoms. The Kier molecular flexibility index (Phi) is 8.62. The molecular formula is C32H45N3O5. The van der Waals surface area contributed by atoms with Crippen molar-refractivity contribution in [3.8, 4) is 0 Å². The third-order valence-corrected chi connectivity index (χ3v) is 8.94. The van der Waals surface area contributed by atoms with Crippen molar-refractivity contribution in [3.05, 3.63) is 55.6 Å². The Morgan fingerprint density at radius 3 is 2.30 bits per heavy atom. The van der Waals surface area contributed by atoms with Crippen LogP contribution in [0.25, 0.3) is 0 Å². The number of anilines is 1. The number of nitrogens with zero attached hydrogens (tertiary/aromatic N) is 3. The van der Waals surface area contributed by atoms with Crippen LogP contribution in [-0.2, 0) is 19.1 Å². The summed E-state index contributed by atoms with van der Waals surface area (Å²) < 4.78 is 6.82. The summed E-state index contributed by atoms with van der Waals surface area (Å²) in [5, 5.41) is 10.5. The van der Waals surface area contributed by atoms with Gasteiger partial charge in [-0.1, -0.05) is 44.2 Å². The van der Waals surface area contributed by atoms with Gasteiger partial charge in [0, 0.05) is 24.8 Å². The molecule has 8 nitrogen and oxygen atoms in total. The predicted molar refractivity (Wildman–Crippen MR) is 155 cm³/mol. The third-order valence-electron chi connectivity index (χ3n) is 8.94. The lowest BCUT2D eigenvalue weighted by molar-refractivity contribution is -0.156. The number of rotatable bonds is 12. The minimum atomic E-state index is -1.15. The van der Waals surface area contributed by atoms with Gasteiger partial charge in [0.1, 0.15) is 11.6 Å². The Hall–Kier alpha value is -2.97. The van der Waals surface area contributed by atoms with Crippen molar-refractivity contribution in [1.29, 1.82) is 0 Å². The Bertz CT molecular complexity index is 1140. The molecule has 3 saturated heterocycles. The lowest BCUT2D eigenvalue weighted by Crippen LogP contribution is -2.60. The van der Waals surface area contributed by atoms with Crippen LogP contribution in [0.1, 0.15) is 53.9 Å². The number of likely N-dealkylation sites (tertiary alicyclic amines) is 1. The van der Waals surface area contributed by atoms with Crippen molar-refractivity contribution in [1.82, 2.24) is 9.80 Å². The summed E-state index contributed by atoms with van der Waals surface area (Å²) in [6.45, 7) is 17.8. The molecule has 0 radical (unpaired) electrons. The molecule has 1 aromatic carbocycles. The van der Waals surface area contributed by atoms with E-state index in [1.165, 1.54) is 0 Å². The molecule has 40 heavy (non-hydrogen) atoms. The van der Waals surface area contributed by atoms with Gasteiger partial charge in [0.25, 0.3) is 0 Å². The maximum Gasteiger partial charge on any atom is 0.248 e. The van der Waals surface area contributed by atoms with E-state index in [0.717, 1.165) is 0 Å². The second kappa shape index (κ2) is 11.5. The summed E-state index contributed by atoms with van der Waals surface area (Å²) in [6.07, 6.45) is 4.92. The summed E-state index contributed by atoms with van der Waals surface area (Å²) in [5.74, 6) is -2.15. The second-order valence-electron chi connectivity index (χ2n) is 12.4. The number of aliphatic hydroxyl groups excluding tert-OH is 1. The number of para-hydroxylation sites is 1. The van der Waals surface area contributed by atoms with E-state index in [0.29, 0.717) is 31.5 Å². The molecule has 3 aliphatic heterocycles. The molecule has 3 amide bonds. The van der Waals surface area contributed by atoms with Crippen LogP contribution in [0.4, 0.5) is 5.69 Å². The average Bonchev–Trinajstić information content (AvgIpc) is 3.49. The first-order valence-corrected chi connectivity index (χ1v) is 14.5. The number of hydrogen-bond acceptors (Lipinski definition) is 5. The monoisotopic (exact) mass is 551 g/mol. The summed E-state index contributed by atoms with van der Waals surface area (Å²) in [5.41, 5.74) is -1.34. The number of aliphatic hydroxyl groups is 1. The number of hydrogen-bond donors (Lipinski definition) is 1. The smallest absolute Gasteiger partial charge is 0.248 e. The van der Waals surface area contributed by atoms with Crippen molar-refractivity contribution in [2.45, 2.75) is 83.2 Å². The fourth-order valence-electron chi connectivity index (χ4n) is 7.31. The van der Waals surface area contributed by atoms with Gasteiger partial charge in [-0.2, -0.15) is 0 Å². The lowest BCUT2D eigenvalue weighted by Gasteiger charge is -2.40. The normalized spacial score (nSPS) is 29.6. The molecule has 2 unspecified atom stereocenters. The molecule has 1 N–H and O–H groups in total. The zero-order chi connectivity index (χ0) is 29.4. The second-order valence-corrected chi connectivity index (χ2v) is 12.4. The maximum absolute atomic E-state index is 14.5. The van der Waals surface area contributed by atoms with Crippen molar-refractivity contribution in [2.75, 3.05) is 24.6 Å². The van der Waals surface area contributed by atoms with Crippen molar-refractivity contribution in [3.63, 3.8) is 0 Å². The van der Waals surface area contributed by atoms with E-state index in [1.807, 2.05) is 65.0 Å². The van der Waals surface area contributed by atoms with E-state index >= 15 is 0 Å². The summed E-state index contributed by atoms with van der Waals surface area (Å²) in [7, 11) is 0. The van der Waals surface area contributed by atoms with Gasteiger partial charge in [-0.05, 0) is 58.1 Å². The molecule has 1 spiro atoms. The van der Waals surface area contributed by atoms with E-state index in [-0.39, 0.29) is 42.8 Å². The van der Waals surface area contributed by atoms with Gasteiger partial charge < -0.3 is 24.5 Å². The molecule has 0 saturated carbocycles. The van der Waals surface area contributed by atoms with Gasteiger partial charge in [0.2, 0.25) is 17.7 Å². The summed E-state index contributed by atoms with van der Waals surface area (Å²) in [6, 6.07) is 7.72. The average molecular weight is 552 g/mol. The molecule has 8 heteroatoms. The van der Waals surface area contributed by atoms with Gasteiger partial charge in [-0.3, -0.25) is 14.4 Å². The zero-order valence-corrected chi connectivity index (χ0v) is 24.6. The molecular weight excluding hydrogens is 506 g/mol. The molecule has 3 heterocycles. The van der Waals surface area contributed by atoms with Crippen LogP contribution in [0, 0.1) is 17.8 Å². The quantitative estimate of drug-likeness (QED) is 0.399. The third kappa shape index (κ3) is 4.79. The highest BCUT2D eigenvalue weighted by molar-refractivity contribution is 6.03. The standard InChI is InChI=1S/C32H45N3O5/c1-8-17-33(22(5)6)30(39)27-32-16-15-31(7,40-32)25(26(32)29(38)35(27)24(20-36)19-21(3)4)28(37)34(18-9-2)23-13-11-10-12-14-23/h8-14,21-22,24-27,36H,1-2,15-20H2,3-7H3/t24-,25+,26+,27?,31-,32?/m1/s1. The van der Waals surface area contributed by atoms with Gasteiger partial charge in [0.05, 0.1) is 30.1 Å². The number of ether oxygens (including phenoxy) is 1. The molecule has 0 aromatic heterocycles. The first-order chi connectivity index (χ1) is 19.0. The largest absolute Gasteiger partial charge is 0.394 e. The van der Waals surface area contributed by atoms with E-state index < -0.39 is 35.1 Å². The Labute approximate surface area is 238 Å². The topological polar surface area (TPSA) is 90.4 Å². The Balaban J connectivity index is 1.85. The van der Waals surface area contributed by atoms with Crippen molar-refractivity contribution < 1.29 is 24.2 Å². The maximum atomic E-state index is 14.5. The first-order valence-electron chi connectivity index (χ1n) is 14.5. The van der Waals surface area contributed by atoms with Gasteiger partial charge in [-0.25, -0.2) is 0 Å². The van der Waals surface area contributed by atoms with Gasteiger partial charge in [-0.15, -0.1) is 13.2 Å². The summed E-state index contributed by atoms with van der Waals surface area (Å²) >= 11 is 0. The molecule has 1 aromatic rings. The van der Waals surface area contributed by atoms with Gasteiger partial charge >= 0.3 is 0 Å². The van der Waals surface area contributed by atoms with E-state index in [1.54, 1.807) is 26.9 Å². The number of benzene rings is 1. The van der Waals surface area contributed by atoms with E-state index in [9.17, 15) is 19.5 Å². The van der Waals surface area contributed by atoms with E-state index in [2.05, 4.69) is 13.2 Å². The minimum Gasteiger partial charge on any atom is -0.394 e. The first kappa shape index (κ1) is 30.0. The molecule has 3 aliphatic rings. The van der Waals surface area contributed by atoms with Crippen molar-refractivity contribution in [2.24, 2.45) is 17.8 Å². The number of carbonyl (C=O) groups is 3. The van der Waals surface area contributed by atoms with Crippen LogP contribution < -0.4 is 4.90 Å². The Morgan fingerprint density at radius 2 is 1.75 bits per heavy atom. The molecule has 3 fully saturated rings. The summed E-state index contributed by atoms with van der Waals surface area (Å²) in [4.78, 5) is 48.3. The van der Waals surface area contributed by atoms with E-state index in [4.69, 9.17) is 4.74 Å². The van der Waals surface area contributed by atoms with Gasteiger partial charge in [0.15, 0.2) is 0 Å². The van der Waals surface area contributed by atoms with Crippen LogP contribution >= 0.6 is 0 Å². The van der Waals surface area contributed by atoms with Crippen LogP contribution in [0.3, 0.4) is 0 Å². The van der Waals surface area contributed by atoms with Crippen LogP contribution in [0.5, 0.6) is 0 Å².